The Hall–Kier alpha value is -1.13. The first-order valence-electron chi connectivity index (χ1n) is 5.50. The Bertz CT molecular complexity index is 534. The highest BCUT2D eigenvalue weighted by Crippen LogP contribution is 2.27. The molecule has 2 aromatic heterocycles. The average Bonchev–Trinajstić information content (AvgIpc) is 2.66. The largest absolute Gasteiger partial charge is 0.316 e. The Morgan fingerprint density at radius 2 is 2.44 bits per heavy atom. The van der Waals surface area contributed by atoms with Crippen LogP contribution >= 0.6 is 11.6 Å². The van der Waals surface area contributed by atoms with Crippen molar-refractivity contribution >= 4 is 17.2 Å². The van der Waals surface area contributed by atoms with Gasteiger partial charge in [0.05, 0.1) is 11.9 Å². The molecule has 1 aliphatic rings. The molecule has 3 heterocycles. The van der Waals surface area contributed by atoms with Gasteiger partial charge in [-0.3, -0.25) is 0 Å². The Morgan fingerprint density at radius 3 is 3.31 bits per heavy atom. The number of nitrogens with zero attached hydrogens (tertiary/aromatic N) is 3. The van der Waals surface area contributed by atoms with Crippen LogP contribution in [0.3, 0.4) is 0 Å². The summed E-state index contributed by atoms with van der Waals surface area (Å²) in [6, 6.07) is 1.89. The Kier molecular flexibility index (Phi) is 2.33. The van der Waals surface area contributed by atoms with Crippen molar-refractivity contribution in [3.8, 4) is 0 Å². The lowest BCUT2D eigenvalue weighted by Gasteiger charge is -2.12. The van der Waals surface area contributed by atoms with Crippen molar-refractivity contribution in [3.63, 3.8) is 0 Å². The maximum Gasteiger partial charge on any atom is 0.156 e. The van der Waals surface area contributed by atoms with Gasteiger partial charge in [-0.25, -0.2) is 9.50 Å². The van der Waals surface area contributed by atoms with Crippen molar-refractivity contribution in [2.24, 2.45) is 0 Å². The summed E-state index contributed by atoms with van der Waals surface area (Å²) in [5.74, 6) is 0.398. The smallest absolute Gasteiger partial charge is 0.156 e. The standard InChI is InChI=1S/C11H13ClN4/c1-7-6-13-4-2-8-10(7)15-9-3-5-14-16(9)11(8)12/h3,5,7,13H,2,4,6H2,1H3. The molecule has 16 heavy (non-hydrogen) atoms. The van der Waals surface area contributed by atoms with E-state index < -0.39 is 0 Å². The van der Waals surface area contributed by atoms with Crippen LogP contribution in [0.4, 0.5) is 0 Å². The highest BCUT2D eigenvalue weighted by atomic mass is 35.5. The molecule has 1 aliphatic heterocycles. The van der Waals surface area contributed by atoms with E-state index in [2.05, 4.69) is 22.3 Å². The summed E-state index contributed by atoms with van der Waals surface area (Å²) in [5, 5.41) is 8.28. The molecule has 0 spiro atoms. The van der Waals surface area contributed by atoms with Crippen molar-refractivity contribution in [1.82, 2.24) is 19.9 Å². The van der Waals surface area contributed by atoms with Gasteiger partial charge in [0.1, 0.15) is 5.15 Å². The Morgan fingerprint density at radius 1 is 1.56 bits per heavy atom. The third kappa shape index (κ3) is 1.41. The molecular weight excluding hydrogens is 224 g/mol. The summed E-state index contributed by atoms with van der Waals surface area (Å²) in [5.41, 5.74) is 3.08. The van der Waals surface area contributed by atoms with Gasteiger partial charge in [-0.15, -0.1) is 0 Å². The molecule has 2 aromatic rings. The fraction of sp³-hybridized carbons (Fsp3) is 0.455. The van der Waals surface area contributed by atoms with E-state index in [0.29, 0.717) is 11.1 Å². The van der Waals surface area contributed by atoms with Gasteiger partial charge in [-0.1, -0.05) is 18.5 Å². The van der Waals surface area contributed by atoms with Crippen LogP contribution in [0, 0.1) is 0 Å². The molecule has 3 rings (SSSR count). The number of nitrogens with one attached hydrogen (secondary N) is 1. The molecular formula is C11H13ClN4. The van der Waals surface area contributed by atoms with Crippen molar-refractivity contribution in [3.05, 3.63) is 28.7 Å². The first kappa shape index (κ1) is 10.1. The number of halogens is 1. The molecule has 4 nitrogen and oxygen atoms in total. The highest BCUT2D eigenvalue weighted by Gasteiger charge is 2.20. The molecule has 1 N–H and O–H groups in total. The molecule has 1 unspecified atom stereocenters. The minimum absolute atomic E-state index is 0.398. The molecule has 0 amide bonds. The summed E-state index contributed by atoms with van der Waals surface area (Å²) in [7, 11) is 0. The number of hydrogen-bond acceptors (Lipinski definition) is 3. The number of fused-ring (bicyclic) bond motifs is 2. The summed E-state index contributed by atoms with van der Waals surface area (Å²) >= 11 is 6.37. The van der Waals surface area contributed by atoms with Crippen LogP contribution < -0.4 is 5.32 Å². The van der Waals surface area contributed by atoms with Crippen LogP contribution in [0.25, 0.3) is 5.65 Å². The predicted octanol–water partition coefficient (Wildman–Crippen LogP) is 1.63. The second-order valence-corrected chi connectivity index (χ2v) is 4.58. The van der Waals surface area contributed by atoms with Gasteiger partial charge < -0.3 is 5.32 Å². The van der Waals surface area contributed by atoms with Gasteiger partial charge in [-0.2, -0.15) is 5.10 Å². The first-order valence-corrected chi connectivity index (χ1v) is 5.88. The third-order valence-electron chi connectivity index (χ3n) is 3.07. The van der Waals surface area contributed by atoms with Gasteiger partial charge >= 0.3 is 0 Å². The lowest BCUT2D eigenvalue weighted by atomic mass is 10.0. The quantitative estimate of drug-likeness (QED) is 0.707. The average molecular weight is 237 g/mol. The zero-order chi connectivity index (χ0) is 11.1. The van der Waals surface area contributed by atoms with E-state index in [0.717, 1.165) is 36.4 Å². The lowest BCUT2D eigenvalue weighted by molar-refractivity contribution is 0.636. The fourth-order valence-corrected chi connectivity index (χ4v) is 2.55. The Labute approximate surface area is 98.6 Å². The minimum Gasteiger partial charge on any atom is -0.316 e. The maximum atomic E-state index is 6.37. The second-order valence-electron chi connectivity index (χ2n) is 4.22. The minimum atomic E-state index is 0.398. The molecule has 5 heteroatoms. The second kappa shape index (κ2) is 3.71. The fourth-order valence-electron chi connectivity index (χ4n) is 2.22. The molecule has 0 saturated carbocycles. The van der Waals surface area contributed by atoms with E-state index in [1.54, 1.807) is 10.7 Å². The normalized spacial score (nSPS) is 20.8. The molecule has 84 valence electrons. The molecule has 1 atom stereocenters. The molecule has 0 aliphatic carbocycles. The van der Waals surface area contributed by atoms with Crippen LogP contribution in [0.15, 0.2) is 12.3 Å². The van der Waals surface area contributed by atoms with E-state index in [-0.39, 0.29) is 0 Å². The summed E-state index contributed by atoms with van der Waals surface area (Å²) < 4.78 is 1.71. The molecule has 0 radical (unpaired) electrons. The number of aromatic nitrogens is 3. The molecule has 0 aromatic carbocycles. The van der Waals surface area contributed by atoms with Crippen molar-refractivity contribution in [2.75, 3.05) is 13.1 Å². The lowest BCUT2D eigenvalue weighted by Crippen LogP contribution is -2.18. The zero-order valence-electron chi connectivity index (χ0n) is 9.07. The van der Waals surface area contributed by atoms with E-state index in [4.69, 9.17) is 11.6 Å². The van der Waals surface area contributed by atoms with Crippen LogP contribution in [-0.2, 0) is 6.42 Å². The van der Waals surface area contributed by atoms with Crippen LogP contribution in [0.2, 0.25) is 5.15 Å². The Balaban J connectivity index is 2.30. The van der Waals surface area contributed by atoms with Gasteiger partial charge in [0, 0.05) is 24.1 Å². The summed E-state index contributed by atoms with van der Waals surface area (Å²) in [4.78, 5) is 4.65. The molecule has 0 saturated heterocycles. The maximum absolute atomic E-state index is 6.37. The van der Waals surface area contributed by atoms with Crippen LogP contribution in [0.5, 0.6) is 0 Å². The van der Waals surface area contributed by atoms with E-state index in [9.17, 15) is 0 Å². The summed E-state index contributed by atoms with van der Waals surface area (Å²) in [6.07, 6.45) is 2.65. The van der Waals surface area contributed by atoms with Crippen LogP contribution in [-0.4, -0.2) is 27.7 Å². The van der Waals surface area contributed by atoms with Crippen molar-refractivity contribution in [2.45, 2.75) is 19.3 Å². The molecule has 0 fully saturated rings. The number of hydrogen-bond donors (Lipinski definition) is 1. The van der Waals surface area contributed by atoms with Gasteiger partial charge in [0.15, 0.2) is 5.65 Å². The van der Waals surface area contributed by atoms with E-state index >= 15 is 0 Å². The zero-order valence-corrected chi connectivity index (χ0v) is 9.83. The highest BCUT2D eigenvalue weighted by molar-refractivity contribution is 6.30. The number of rotatable bonds is 0. The van der Waals surface area contributed by atoms with Gasteiger partial charge in [-0.05, 0) is 13.0 Å². The van der Waals surface area contributed by atoms with Gasteiger partial charge in [0.25, 0.3) is 0 Å². The molecule has 0 bridgehead atoms. The summed E-state index contributed by atoms with van der Waals surface area (Å²) in [6.45, 7) is 4.08. The van der Waals surface area contributed by atoms with Crippen LogP contribution in [0.1, 0.15) is 24.1 Å². The topological polar surface area (TPSA) is 42.2 Å². The predicted molar refractivity (Wildman–Crippen MR) is 63.0 cm³/mol. The van der Waals surface area contributed by atoms with E-state index in [1.165, 1.54) is 0 Å². The van der Waals surface area contributed by atoms with Crippen molar-refractivity contribution in [1.29, 1.82) is 0 Å². The monoisotopic (exact) mass is 236 g/mol. The van der Waals surface area contributed by atoms with E-state index in [1.807, 2.05) is 6.07 Å². The third-order valence-corrected chi connectivity index (χ3v) is 3.46. The first-order chi connectivity index (χ1) is 7.77. The SMILES string of the molecule is CC1CNCCc2c1nc1ccnn1c2Cl. The van der Waals surface area contributed by atoms with Crippen molar-refractivity contribution < 1.29 is 0 Å². The van der Waals surface area contributed by atoms with Gasteiger partial charge in [0.2, 0.25) is 0 Å².